The van der Waals surface area contributed by atoms with Gasteiger partial charge in [0.15, 0.2) is 15.6 Å². The fraction of sp³-hybridized carbons (Fsp3) is 0.462. The molecule has 0 heterocycles. The number of hydrogen-bond donors (Lipinski definition) is 0. The smallest absolute Gasteiger partial charge is 0.177 e. The summed E-state index contributed by atoms with van der Waals surface area (Å²) < 4.78 is 23.7. The van der Waals surface area contributed by atoms with Gasteiger partial charge in [0, 0.05) is 5.56 Å². The molecule has 0 spiro atoms. The molecule has 0 N–H and O–H groups in total. The highest BCUT2D eigenvalue weighted by Gasteiger charge is 2.20. The fourth-order valence-electron chi connectivity index (χ4n) is 1.56. The third-order valence-electron chi connectivity index (χ3n) is 2.83. The molecule has 106 valence electrons. The summed E-state index contributed by atoms with van der Waals surface area (Å²) in [5.74, 6) is -0.875. The Morgan fingerprint density at radius 1 is 1.26 bits per heavy atom. The van der Waals surface area contributed by atoms with Gasteiger partial charge in [0.25, 0.3) is 0 Å². The Morgan fingerprint density at radius 2 is 1.89 bits per heavy atom. The Morgan fingerprint density at radius 3 is 2.42 bits per heavy atom. The third-order valence-corrected chi connectivity index (χ3v) is 5.35. The minimum Gasteiger partial charge on any atom is -0.293 e. The normalized spacial score (nSPS) is 13.3. The molecule has 0 aliphatic rings. The molecule has 0 aromatic heterocycles. The first kappa shape index (κ1) is 16.5. The zero-order valence-electron chi connectivity index (χ0n) is 10.8. The van der Waals surface area contributed by atoms with Crippen molar-refractivity contribution in [3.8, 4) is 0 Å². The molecule has 3 nitrogen and oxygen atoms in total. The number of rotatable bonds is 6. The van der Waals surface area contributed by atoms with Crippen LogP contribution in [-0.2, 0) is 9.84 Å². The topological polar surface area (TPSA) is 51.2 Å². The monoisotopic (exact) mass is 322 g/mol. The summed E-state index contributed by atoms with van der Waals surface area (Å²) >= 11 is 11.5. The van der Waals surface area contributed by atoms with Crippen molar-refractivity contribution in [2.45, 2.75) is 20.3 Å². The summed E-state index contributed by atoms with van der Waals surface area (Å²) in [6.07, 6.45) is 0.764. The molecule has 1 rings (SSSR count). The molecule has 0 amide bonds. The van der Waals surface area contributed by atoms with Crippen molar-refractivity contribution in [1.29, 1.82) is 0 Å². The van der Waals surface area contributed by atoms with Crippen LogP contribution in [0.2, 0.25) is 10.0 Å². The molecule has 6 heteroatoms. The highest BCUT2D eigenvalue weighted by Crippen LogP contribution is 2.23. The Balaban J connectivity index is 2.82. The van der Waals surface area contributed by atoms with Gasteiger partial charge in [-0.1, -0.05) is 43.5 Å². The summed E-state index contributed by atoms with van der Waals surface area (Å²) in [6, 6.07) is 4.36. The largest absolute Gasteiger partial charge is 0.293 e. The lowest BCUT2D eigenvalue weighted by molar-refractivity contribution is 0.102. The Labute approximate surface area is 123 Å². The van der Waals surface area contributed by atoms with Crippen molar-refractivity contribution < 1.29 is 13.2 Å². The van der Waals surface area contributed by atoms with E-state index in [0.29, 0.717) is 5.02 Å². The van der Waals surface area contributed by atoms with Crippen molar-refractivity contribution in [3.05, 3.63) is 33.8 Å². The molecular weight excluding hydrogens is 307 g/mol. The van der Waals surface area contributed by atoms with E-state index >= 15 is 0 Å². The van der Waals surface area contributed by atoms with E-state index < -0.39 is 21.4 Å². The van der Waals surface area contributed by atoms with E-state index in [1.807, 2.05) is 13.8 Å². The predicted molar refractivity (Wildman–Crippen MR) is 78.9 cm³/mol. The first-order chi connectivity index (χ1) is 8.75. The minimum absolute atomic E-state index is 0.0244. The summed E-state index contributed by atoms with van der Waals surface area (Å²) in [7, 11) is -3.39. The summed E-state index contributed by atoms with van der Waals surface area (Å²) in [4.78, 5) is 11.9. The van der Waals surface area contributed by atoms with Crippen molar-refractivity contribution in [2.24, 2.45) is 5.92 Å². The molecule has 0 radical (unpaired) electrons. The van der Waals surface area contributed by atoms with Gasteiger partial charge in [0.05, 0.1) is 15.8 Å². The average Bonchev–Trinajstić information content (AvgIpc) is 2.31. The molecule has 0 bridgehead atoms. The average molecular weight is 323 g/mol. The molecule has 0 saturated carbocycles. The highest BCUT2D eigenvalue weighted by molar-refractivity contribution is 7.92. The Bertz CT molecular complexity index is 567. The van der Waals surface area contributed by atoms with Crippen LogP contribution < -0.4 is 0 Å². The van der Waals surface area contributed by atoms with Crippen LogP contribution in [0, 0.1) is 5.92 Å². The van der Waals surface area contributed by atoms with Gasteiger partial charge in [0.1, 0.15) is 5.75 Å². The number of carbonyl (C=O) groups is 1. The van der Waals surface area contributed by atoms with Crippen LogP contribution in [0.5, 0.6) is 0 Å². The molecule has 0 fully saturated rings. The Hall–Kier alpha value is -0.580. The number of carbonyl (C=O) groups excluding carboxylic acids is 1. The van der Waals surface area contributed by atoms with E-state index in [1.54, 1.807) is 0 Å². The van der Waals surface area contributed by atoms with E-state index in [4.69, 9.17) is 23.2 Å². The second kappa shape index (κ2) is 6.73. The molecule has 1 aromatic rings. The molecule has 1 unspecified atom stereocenters. The van der Waals surface area contributed by atoms with Gasteiger partial charge in [-0.05, 0) is 24.1 Å². The van der Waals surface area contributed by atoms with Crippen molar-refractivity contribution >= 4 is 38.8 Å². The molecule has 0 aliphatic carbocycles. The molecule has 19 heavy (non-hydrogen) atoms. The van der Waals surface area contributed by atoms with Crippen LogP contribution >= 0.6 is 23.2 Å². The van der Waals surface area contributed by atoms with Gasteiger partial charge < -0.3 is 0 Å². The van der Waals surface area contributed by atoms with E-state index in [0.717, 1.165) is 6.42 Å². The summed E-state index contributed by atoms with van der Waals surface area (Å²) in [5, 5.41) is 0.576. The quantitative estimate of drug-likeness (QED) is 0.751. The standard InChI is InChI=1S/C13H16Cl2O3S/c1-3-9(2)7-19(17,18)8-13(16)10-4-5-11(14)12(15)6-10/h4-6,9H,3,7-8H2,1-2H3. The number of Topliss-reactive ketones (excluding diaryl/α,β-unsaturated/α-hetero) is 1. The van der Waals surface area contributed by atoms with Crippen molar-refractivity contribution in [3.63, 3.8) is 0 Å². The van der Waals surface area contributed by atoms with Gasteiger partial charge >= 0.3 is 0 Å². The van der Waals surface area contributed by atoms with Gasteiger partial charge in [-0.25, -0.2) is 8.42 Å². The van der Waals surface area contributed by atoms with E-state index in [1.165, 1.54) is 18.2 Å². The maximum Gasteiger partial charge on any atom is 0.177 e. The number of hydrogen-bond acceptors (Lipinski definition) is 3. The van der Waals surface area contributed by atoms with Crippen molar-refractivity contribution in [2.75, 3.05) is 11.5 Å². The number of halogens is 2. The van der Waals surface area contributed by atoms with E-state index in [9.17, 15) is 13.2 Å². The van der Waals surface area contributed by atoms with Gasteiger partial charge in [-0.2, -0.15) is 0 Å². The van der Waals surface area contributed by atoms with Crippen LogP contribution in [0.15, 0.2) is 18.2 Å². The second-order valence-electron chi connectivity index (χ2n) is 4.62. The van der Waals surface area contributed by atoms with Crippen LogP contribution in [0.4, 0.5) is 0 Å². The van der Waals surface area contributed by atoms with Gasteiger partial charge in [-0.3, -0.25) is 4.79 Å². The SMILES string of the molecule is CCC(C)CS(=O)(=O)CC(=O)c1ccc(Cl)c(Cl)c1. The summed E-state index contributed by atoms with van der Waals surface area (Å²) in [5.41, 5.74) is 0.266. The lowest BCUT2D eigenvalue weighted by atomic mass is 10.1. The highest BCUT2D eigenvalue weighted by atomic mass is 35.5. The van der Waals surface area contributed by atoms with Crippen LogP contribution in [0.1, 0.15) is 30.6 Å². The predicted octanol–water partition coefficient (Wildman–Crippen LogP) is 3.64. The maximum atomic E-state index is 11.9. The zero-order chi connectivity index (χ0) is 14.6. The van der Waals surface area contributed by atoms with Gasteiger partial charge in [0.2, 0.25) is 0 Å². The lowest BCUT2D eigenvalue weighted by Gasteiger charge is -2.09. The molecule has 1 aromatic carbocycles. The fourth-order valence-corrected chi connectivity index (χ4v) is 3.65. The van der Waals surface area contributed by atoms with Crippen LogP contribution in [0.25, 0.3) is 0 Å². The first-order valence-electron chi connectivity index (χ1n) is 5.94. The van der Waals surface area contributed by atoms with Crippen LogP contribution in [0.3, 0.4) is 0 Å². The van der Waals surface area contributed by atoms with E-state index in [-0.39, 0.29) is 22.3 Å². The molecule has 0 aliphatic heterocycles. The minimum atomic E-state index is -3.39. The third kappa shape index (κ3) is 5.13. The maximum absolute atomic E-state index is 11.9. The zero-order valence-corrected chi connectivity index (χ0v) is 13.1. The first-order valence-corrected chi connectivity index (χ1v) is 8.51. The number of benzene rings is 1. The van der Waals surface area contributed by atoms with Gasteiger partial charge in [-0.15, -0.1) is 0 Å². The number of sulfone groups is 1. The van der Waals surface area contributed by atoms with Crippen LogP contribution in [-0.4, -0.2) is 25.7 Å². The van der Waals surface area contributed by atoms with Crippen molar-refractivity contribution in [1.82, 2.24) is 0 Å². The second-order valence-corrected chi connectivity index (χ2v) is 7.54. The van der Waals surface area contributed by atoms with E-state index in [2.05, 4.69) is 0 Å². The molecule has 0 saturated heterocycles. The summed E-state index contributed by atoms with van der Waals surface area (Å²) in [6.45, 7) is 3.77. The lowest BCUT2D eigenvalue weighted by Crippen LogP contribution is -2.22. The molecular formula is C13H16Cl2O3S. The Kier molecular flexibility index (Phi) is 5.83. The number of ketones is 1. The molecule has 1 atom stereocenters.